The fourth-order valence-corrected chi connectivity index (χ4v) is 3.04. The number of methoxy groups -OCH3 is 1. The Morgan fingerprint density at radius 2 is 1.68 bits per heavy atom. The normalized spacial score (nSPS) is 26.3. The predicted molar refractivity (Wildman–Crippen MR) is 79.0 cm³/mol. The van der Waals surface area contributed by atoms with E-state index in [4.69, 9.17) is 4.74 Å². The summed E-state index contributed by atoms with van der Waals surface area (Å²) in [5, 5.41) is 3.50. The summed E-state index contributed by atoms with van der Waals surface area (Å²) in [6, 6.07) is 0.297. The molecule has 1 unspecified atom stereocenters. The van der Waals surface area contributed by atoms with E-state index < -0.39 is 0 Å². The summed E-state index contributed by atoms with van der Waals surface area (Å²) in [5.41, 5.74) is 0.408. The molecule has 1 aliphatic rings. The second kappa shape index (κ2) is 6.74. The average molecular weight is 269 g/mol. The topological polar surface area (TPSA) is 38.3 Å². The van der Waals surface area contributed by atoms with E-state index >= 15 is 0 Å². The van der Waals surface area contributed by atoms with Gasteiger partial charge in [-0.1, -0.05) is 34.6 Å². The Bertz CT molecular complexity index is 286. The lowest BCUT2D eigenvalue weighted by Gasteiger charge is -2.38. The van der Waals surface area contributed by atoms with Crippen molar-refractivity contribution in [1.82, 2.24) is 5.32 Å². The van der Waals surface area contributed by atoms with Crippen LogP contribution in [0.3, 0.4) is 0 Å². The lowest BCUT2D eigenvalue weighted by atomic mass is 9.71. The molecule has 1 saturated carbocycles. The third-order valence-electron chi connectivity index (χ3n) is 4.49. The number of hydrogen-bond acceptors (Lipinski definition) is 3. The van der Waals surface area contributed by atoms with E-state index in [1.54, 1.807) is 0 Å². The molecule has 0 spiro atoms. The third-order valence-corrected chi connectivity index (χ3v) is 4.49. The van der Waals surface area contributed by atoms with Crippen LogP contribution in [0.2, 0.25) is 0 Å². The van der Waals surface area contributed by atoms with E-state index in [1.165, 1.54) is 32.8 Å². The quantitative estimate of drug-likeness (QED) is 0.795. The number of hydrogen-bond donors (Lipinski definition) is 1. The van der Waals surface area contributed by atoms with Crippen LogP contribution in [-0.4, -0.2) is 25.2 Å². The van der Waals surface area contributed by atoms with Gasteiger partial charge in [-0.15, -0.1) is 0 Å². The molecule has 0 amide bonds. The van der Waals surface area contributed by atoms with Gasteiger partial charge in [0.15, 0.2) is 0 Å². The maximum absolute atomic E-state index is 11.8. The minimum Gasteiger partial charge on any atom is -0.468 e. The zero-order valence-corrected chi connectivity index (χ0v) is 13.5. The minimum atomic E-state index is -0.166. The van der Waals surface area contributed by atoms with E-state index in [9.17, 15) is 4.79 Å². The van der Waals surface area contributed by atoms with Gasteiger partial charge in [-0.25, -0.2) is 0 Å². The van der Waals surface area contributed by atoms with E-state index in [0.717, 1.165) is 5.92 Å². The van der Waals surface area contributed by atoms with Crippen LogP contribution in [0.5, 0.6) is 0 Å². The highest BCUT2D eigenvalue weighted by molar-refractivity contribution is 5.75. The van der Waals surface area contributed by atoms with Crippen LogP contribution >= 0.6 is 0 Å². The monoisotopic (exact) mass is 269 g/mol. The van der Waals surface area contributed by atoms with Crippen molar-refractivity contribution in [2.75, 3.05) is 7.11 Å². The summed E-state index contributed by atoms with van der Waals surface area (Å²) in [7, 11) is 1.47. The van der Waals surface area contributed by atoms with Gasteiger partial charge in [-0.2, -0.15) is 0 Å². The van der Waals surface area contributed by atoms with Crippen molar-refractivity contribution in [3.8, 4) is 0 Å². The van der Waals surface area contributed by atoms with Crippen LogP contribution in [0.4, 0.5) is 0 Å². The predicted octanol–water partition coefficient (Wildman–Crippen LogP) is 3.38. The Balaban J connectivity index is 2.49. The van der Waals surface area contributed by atoms with Gasteiger partial charge in [-0.05, 0) is 42.9 Å². The first-order valence-corrected chi connectivity index (χ1v) is 7.59. The molecule has 1 rings (SSSR count). The van der Waals surface area contributed by atoms with Crippen molar-refractivity contribution in [3.63, 3.8) is 0 Å². The van der Waals surface area contributed by atoms with Crippen molar-refractivity contribution in [1.29, 1.82) is 0 Å². The smallest absolute Gasteiger partial charge is 0.323 e. The van der Waals surface area contributed by atoms with Crippen LogP contribution < -0.4 is 5.32 Å². The molecule has 19 heavy (non-hydrogen) atoms. The van der Waals surface area contributed by atoms with E-state index in [2.05, 4.69) is 39.9 Å². The maximum Gasteiger partial charge on any atom is 0.323 e. The summed E-state index contributed by atoms with van der Waals surface area (Å²) in [6.45, 7) is 11.1. The number of carbonyl (C=O) groups excluding carboxylic acids is 1. The first kappa shape index (κ1) is 16.5. The third kappa shape index (κ3) is 4.79. The zero-order valence-electron chi connectivity index (χ0n) is 13.5. The number of carbonyl (C=O) groups is 1. The zero-order chi connectivity index (χ0) is 14.6. The molecule has 1 fully saturated rings. The molecule has 0 aromatic carbocycles. The first-order chi connectivity index (χ1) is 8.75. The minimum absolute atomic E-state index is 0.132. The van der Waals surface area contributed by atoms with Gasteiger partial charge in [0.25, 0.3) is 0 Å². The summed E-state index contributed by atoms with van der Waals surface area (Å²) in [6.07, 6.45) is 4.85. The van der Waals surface area contributed by atoms with Crippen molar-refractivity contribution in [2.45, 2.75) is 72.4 Å². The SMILES string of the molecule is COC(=O)C(NC1CCC(C(C)(C)C)CC1)C(C)C. The fraction of sp³-hybridized carbons (Fsp3) is 0.938. The molecular weight excluding hydrogens is 238 g/mol. The van der Waals surface area contributed by atoms with Gasteiger partial charge in [-0.3, -0.25) is 4.79 Å². The number of nitrogens with one attached hydrogen (secondary N) is 1. The average Bonchev–Trinajstić information content (AvgIpc) is 2.34. The summed E-state index contributed by atoms with van der Waals surface area (Å²) < 4.78 is 4.89. The number of ether oxygens (including phenoxy) is 1. The second-order valence-corrected chi connectivity index (χ2v) is 7.33. The van der Waals surface area contributed by atoms with Gasteiger partial charge >= 0.3 is 5.97 Å². The fourth-order valence-electron chi connectivity index (χ4n) is 3.04. The van der Waals surface area contributed by atoms with Crippen molar-refractivity contribution >= 4 is 5.97 Å². The van der Waals surface area contributed by atoms with Crippen LogP contribution in [0.1, 0.15) is 60.3 Å². The summed E-state index contributed by atoms with van der Waals surface area (Å²) >= 11 is 0. The maximum atomic E-state index is 11.8. The Labute approximate surface area is 118 Å². The van der Waals surface area contributed by atoms with Crippen LogP contribution in [-0.2, 0) is 9.53 Å². The second-order valence-electron chi connectivity index (χ2n) is 7.33. The van der Waals surface area contributed by atoms with Gasteiger partial charge in [0.05, 0.1) is 7.11 Å². The van der Waals surface area contributed by atoms with E-state index in [0.29, 0.717) is 11.5 Å². The van der Waals surface area contributed by atoms with E-state index in [1.807, 2.05) is 0 Å². The molecule has 0 aromatic heterocycles. The molecule has 1 atom stereocenters. The Hall–Kier alpha value is -0.570. The van der Waals surface area contributed by atoms with Crippen molar-refractivity contribution in [3.05, 3.63) is 0 Å². The van der Waals surface area contributed by atoms with Gasteiger partial charge in [0.1, 0.15) is 6.04 Å². The number of rotatable bonds is 4. The highest BCUT2D eigenvalue weighted by Gasteiger charge is 2.32. The Kier molecular flexibility index (Phi) is 5.84. The standard InChI is InChI=1S/C16H31NO2/c1-11(2)14(15(18)19-6)17-13-9-7-12(8-10-13)16(3,4)5/h11-14,17H,7-10H2,1-6H3. The Morgan fingerprint density at radius 1 is 1.16 bits per heavy atom. The van der Waals surface area contributed by atoms with Gasteiger partial charge in [0, 0.05) is 6.04 Å². The van der Waals surface area contributed by atoms with Crippen LogP contribution in [0, 0.1) is 17.3 Å². The van der Waals surface area contributed by atoms with E-state index in [-0.39, 0.29) is 17.9 Å². The molecule has 0 aliphatic heterocycles. The van der Waals surface area contributed by atoms with Crippen molar-refractivity contribution in [2.24, 2.45) is 17.3 Å². The van der Waals surface area contributed by atoms with Crippen molar-refractivity contribution < 1.29 is 9.53 Å². The Morgan fingerprint density at radius 3 is 2.05 bits per heavy atom. The summed E-state index contributed by atoms with van der Waals surface area (Å²) in [4.78, 5) is 11.8. The first-order valence-electron chi connectivity index (χ1n) is 7.59. The summed E-state index contributed by atoms with van der Waals surface area (Å²) in [5.74, 6) is 0.946. The molecule has 1 N–H and O–H groups in total. The molecular formula is C16H31NO2. The highest BCUT2D eigenvalue weighted by atomic mass is 16.5. The van der Waals surface area contributed by atoms with Crippen LogP contribution in [0.25, 0.3) is 0 Å². The lowest BCUT2D eigenvalue weighted by Crippen LogP contribution is -2.48. The largest absolute Gasteiger partial charge is 0.468 e. The molecule has 112 valence electrons. The molecule has 0 bridgehead atoms. The number of esters is 1. The molecule has 3 heteroatoms. The molecule has 1 aliphatic carbocycles. The lowest BCUT2D eigenvalue weighted by molar-refractivity contribution is -0.144. The highest BCUT2D eigenvalue weighted by Crippen LogP contribution is 2.37. The van der Waals surface area contributed by atoms with Gasteiger partial charge < -0.3 is 10.1 Å². The molecule has 0 saturated heterocycles. The van der Waals surface area contributed by atoms with Gasteiger partial charge in [0.2, 0.25) is 0 Å². The molecule has 0 heterocycles. The molecule has 0 aromatic rings. The molecule has 0 radical (unpaired) electrons. The van der Waals surface area contributed by atoms with Crippen LogP contribution in [0.15, 0.2) is 0 Å². The molecule has 3 nitrogen and oxygen atoms in total.